The topological polar surface area (TPSA) is 92.5 Å². The molecule has 1 aromatic carbocycles. The van der Waals surface area contributed by atoms with Crippen molar-refractivity contribution >= 4 is 17.1 Å². The van der Waals surface area contributed by atoms with E-state index in [1.165, 1.54) is 5.56 Å². The van der Waals surface area contributed by atoms with Gasteiger partial charge in [0.25, 0.3) is 0 Å². The zero-order valence-electron chi connectivity index (χ0n) is 13.8. The van der Waals surface area contributed by atoms with Gasteiger partial charge in [0.05, 0.1) is 12.7 Å². The van der Waals surface area contributed by atoms with Crippen molar-refractivity contribution in [2.24, 2.45) is 0 Å². The third kappa shape index (κ3) is 4.42. The fraction of sp³-hybridized carbons (Fsp3) is 0.562. The molecule has 8 nitrogen and oxygen atoms in total. The zero-order valence-corrected chi connectivity index (χ0v) is 13.8. The molecule has 0 bridgehead atoms. The fourth-order valence-electron chi connectivity index (χ4n) is 2.85. The van der Waals surface area contributed by atoms with Crippen molar-refractivity contribution in [1.29, 1.82) is 0 Å². The summed E-state index contributed by atoms with van der Waals surface area (Å²) >= 11 is 0. The molecular weight excluding hydrogens is 310 g/mol. The second-order valence-corrected chi connectivity index (χ2v) is 5.89. The Hall–Kier alpha value is -2.19. The number of nitrogens with zero attached hydrogens (tertiary/aromatic N) is 3. The van der Waals surface area contributed by atoms with Gasteiger partial charge in [0, 0.05) is 32.7 Å². The highest BCUT2D eigenvalue weighted by molar-refractivity contribution is 5.74. The SMILES string of the molecule is CCNC(=O)NCCC1CN(Cc2ccc3nonc3c2)CCO1. The number of amides is 2. The molecule has 1 fully saturated rings. The van der Waals surface area contributed by atoms with Crippen LogP contribution in [-0.2, 0) is 11.3 Å². The summed E-state index contributed by atoms with van der Waals surface area (Å²) in [5.74, 6) is 0. The van der Waals surface area contributed by atoms with Crippen molar-refractivity contribution in [2.75, 3.05) is 32.8 Å². The van der Waals surface area contributed by atoms with E-state index in [0.717, 1.165) is 37.1 Å². The van der Waals surface area contributed by atoms with E-state index in [1.54, 1.807) is 0 Å². The second kappa shape index (κ2) is 8.07. The Labute approximate surface area is 140 Å². The van der Waals surface area contributed by atoms with Crippen molar-refractivity contribution in [3.8, 4) is 0 Å². The van der Waals surface area contributed by atoms with Crippen LogP contribution >= 0.6 is 0 Å². The summed E-state index contributed by atoms with van der Waals surface area (Å²) in [7, 11) is 0. The van der Waals surface area contributed by atoms with Gasteiger partial charge in [0.15, 0.2) is 0 Å². The maximum Gasteiger partial charge on any atom is 0.314 e. The van der Waals surface area contributed by atoms with E-state index >= 15 is 0 Å². The monoisotopic (exact) mass is 333 g/mol. The van der Waals surface area contributed by atoms with Crippen LogP contribution in [-0.4, -0.2) is 60.1 Å². The van der Waals surface area contributed by atoms with Crippen LogP contribution in [0.5, 0.6) is 0 Å². The largest absolute Gasteiger partial charge is 0.375 e. The van der Waals surface area contributed by atoms with Gasteiger partial charge in [-0.1, -0.05) is 6.07 Å². The van der Waals surface area contributed by atoms with Crippen LogP contribution in [0.4, 0.5) is 4.79 Å². The Morgan fingerprint density at radius 1 is 1.33 bits per heavy atom. The molecule has 1 aliphatic heterocycles. The van der Waals surface area contributed by atoms with E-state index in [2.05, 4.69) is 25.8 Å². The number of carbonyl (C=O) groups is 1. The first-order valence-corrected chi connectivity index (χ1v) is 8.31. The summed E-state index contributed by atoms with van der Waals surface area (Å²) in [6, 6.07) is 5.86. The van der Waals surface area contributed by atoms with Gasteiger partial charge in [-0.15, -0.1) is 0 Å². The molecule has 130 valence electrons. The number of nitrogens with one attached hydrogen (secondary N) is 2. The Balaban J connectivity index is 1.47. The lowest BCUT2D eigenvalue weighted by atomic mass is 10.1. The molecule has 0 aliphatic carbocycles. The van der Waals surface area contributed by atoms with Gasteiger partial charge >= 0.3 is 6.03 Å². The lowest BCUT2D eigenvalue weighted by Crippen LogP contribution is -2.44. The van der Waals surface area contributed by atoms with E-state index in [4.69, 9.17) is 9.37 Å². The lowest BCUT2D eigenvalue weighted by molar-refractivity contribution is -0.0340. The van der Waals surface area contributed by atoms with Crippen LogP contribution in [0.3, 0.4) is 0 Å². The molecule has 1 aliphatic rings. The first kappa shape index (κ1) is 16.7. The van der Waals surface area contributed by atoms with Crippen molar-refractivity contribution in [3.05, 3.63) is 23.8 Å². The first-order chi connectivity index (χ1) is 11.7. The highest BCUT2D eigenvalue weighted by Gasteiger charge is 2.20. The molecule has 0 spiro atoms. The van der Waals surface area contributed by atoms with Crippen LogP contribution in [0.25, 0.3) is 11.0 Å². The number of hydrogen-bond donors (Lipinski definition) is 2. The number of ether oxygens (including phenoxy) is 1. The molecule has 1 unspecified atom stereocenters. The third-order valence-electron chi connectivity index (χ3n) is 4.04. The van der Waals surface area contributed by atoms with E-state index in [0.29, 0.717) is 19.7 Å². The molecule has 2 amide bonds. The Kier molecular flexibility index (Phi) is 5.60. The zero-order chi connectivity index (χ0) is 16.8. The average molecular weight is 333 g/mol. The molecular formula is C16H23N5O3. The average Bonchev–Trinajstić information content (AvgIpc) is 3.03. The predicted octanol–water partition coefficient (Wildman–Crippen LogP) is 1.13. The van der Waals surface area contributed by atoms with Gasteiger partial charge in [-0.25, -0.2) is 9.42 Å². The van der Waals surface area contributed by atoms with E-state index in [1.807, 2.05) is 25.1 Å². The smallest absolute Gasteiger partial charge is 0.314 e. The number of carbonyl (C=O) groups excluding carboxylic acids is 1. The van der Waals surface area contributed by atoms with E-state index in [9.17, 15) is 4.79 Å². The van der Waals surface area contributed by atoms with Gasteiger partial charge in [-0.05, 0) is 41.4 Å². The third-order valence-corrected chi connectivity index (χ3v) is 4.04. The molecule has 1 saturated heterocycles. The van der Waals surface area contributed by atoms with Gasteiger partial charge in [0.2, 0.25) is 0 Å². The molecule has 0 radical (unpaired) electrons. The Morgan fingerprint density at radius 3 is 3.08 bits per heavy atom. The van der Waals surface area contributed by atoms with Crippen LogP contribution in [0.15, 0.2) is 22.8 Å². The summed E-state index contributed by atoms with van der Waals surface area (Å²) in [4.78, 5) is 13.7. The minimum Gasteiger partial charge on any atom is -0.375 e. The van der Waals surface area contributed by atoms with Crippen LogP contribution in [0.2, 0.25) is 0 Å². The minimum atomic E-state index is -0.125. The maximum atomic E-state index is 11.4. The number of hydrogen-bond acceptors (Lipinski definition) is 6. The van der Waals surface area contributed by atoms with Crippen LogP contribution in [0.1, 0.15) is 18.9 Å². The molecule has 2 N–H and O–H groups in total. The lowest BCUT2D eigenvalue weighted by Gasteiger charge is -2.33. The molecule has 8 heteroatoms. The number of aromatic nitrogens is 2. The Bertz CT molecular complexity index is 675. The Morgan fingerprint density at radius 2 is 2.21 bits per heavy atom. The summed E-state index contributed by atoms with van der Waals surface area (Å²) in [6.45, 7) is 6.44. The minimum absolute atomic E-state index is 0.125. The number of morpholine rings is 1. The maximum absolute atomic E-state index is 11.4. The van der Waals surface area contributed by atoms with Gasteiger partial charge in [-0.3, -0.25) is 4.90 Å². The van der Waals surface area contributed by atoms with Gasteiger partial charge in [0.1, 0.15) is 11.0 Å². The van der Waals surface area contributed by atoms with Crippen LogP contribution in [0, 0.1) is 0 Å². The number of fused-ring (bicyclic) bond motifs is 1. The molecule has 1 aromatic heterocycles. The summed E-state index contributed by atoms with van der Waals surface area (Å²) in [6.07, 6.45) is 0.943. The molecule has 24 heavy (non-hydrogen) atoms. The second-order valence-electron chi connectivity index (χ2n) is 5.89. The molecule has 2 heterocycles. The van der Waals surface area contributed by atoms with Crippen molar-refractivity contribution in [1.82, 2.24) is 25.8 Å². The van der Waals surface area contributed by atoms with Crippen molar-refractivity contribution in [2.45, 2.75) is 26.0 Å². The summed E-state index contributed by atoms with van der Waals surface area (Å²) in [5.41, 5.74) is 2.73. The highest BCUT2D eigenvalue weighted by atomic mass is 16.6. The quantitative estimate of drug-likeness (QED) is 0.823. The van der Waals surface area contributed by atoms with Gasteiger partial charge < -0.3 is 15.4 Å². The fourth-order valence-corrected chi connectivity index (χ4v) is 2.85. The number of rotatable bonds is 6. The summed E-state index contributed by atoms with van der Waals surface area (Å²) in [5, 5.41) is 13.3. The first-order valence-electron chi connectivity index (χ1n) is 8.31. The van der Waals surface area contributed by atoms with Crippen LogP contribution < -0.4 is 10.6 Å². The molecule has 1 atom stereocenters. The molecule has 3 rings (SSSR count). The van der Waals surface area contributed by atoms with E-state index in [-0.39, 0.29) is 12.1 Å². The number of urea groups is 1. The highest BCUT2D eigenvalue weighted by Crippen LogP contribution is 2.16. The van der Waals surface area contributed by atoms with Crippen molar-refractivity contribution in [3.63, 3.8) is 0 Å². The van der Waals surface area contributed by atoms with Gasteiger partial charge in [-0.2, -0.15) is 0 Å². The summed E-state index contributed by atoms with van der Waals surface area (Å²) < 4.78 is 10.5. The van der Waals surface area contributed by atoms with Crippen molar-refractivity contribution < 1.29 is 14.2 Å². The normalized spacial score (nSPS) is 18.6. The number of benzene rings is 1. The molecule has 2 aromatic rings. The predicted molar refractivity (Wildman–Crippen MR) is 88.5 cm³/mol. The standard InChI is InChI=1S/C16H23N5O3/c1-2-17-16(22)18-6-5-13-11-21(7-8-23-13)10-12-3-4-14-15(9-12)20-24-19-14/h3-4,9,13H,2,5-8,10-11H2,1H3,(H2,17,18,22). The van der Waals surface area contributed by atoms with E-state index < -0.39 is 0 Å². The molecule has 0 saturated carbocycles.